The fraction of sp³-hybridized carbons (Fsp3) is 0.423. The summed E-state index contributed by atoms with van der Waals surface area (Å²) < 4.78 is 5.70. The molecule has 1 aliphatic heterocycles. The molecule has 1 saturated carbocycles. The molecule has 7 nitrogen and oxygen atoms in total. The topological polar surface area (TPSA) is 95.9 Å². The van der Waals surface area contributed by atoms with Crippen LogP contribution in [0.3, 0.4) is 0 Å². The number of amides is 2. The number of carboxylic acids is 1. The van der Waals surface area contributed by atoms with Crippen molar-refractivity contribution in [3.63, 3.8) is 0 Å². The van der Waals surface area contributed by atoms with Gasteiger partial charge in [-0.1, -0.05) is 61.4 Å². The number of hydrogen-bond acceptors (Lipinski definition) is 4. The van der Waals surface area contributed by atoms with Crippen LogP contribution in [0.5, 0.6) is 0 Å². The first-order valence-corrected chi connectivity index (χ1v) is 11.6. The van der Waals surface area contributed by atoms with Gasteiger partial charge >= 0.3 is 12.1 Å². The van der Waals surface area contributed by atoms with Gasteiger partial charge in [0.15, 0.2) is 0 Å². The van der Waals surface area contributed by atoms with Crippen LogP contribution in [-0.2, 0) is 14.3 Å². The Balaban J connectivity index is 1.25. The summed E-state index contributed by atoms with van der Waals surface area (Å²) in [5.41, 5.74) is 3.97. The van der Waals surface area contributed by atoms with Gasteiger partial charge in [0.2, 0.25) is 5.91 Å². The third kappa shape index (κ3) is 3.96. The van der Waals surface area contributed by atoms with Crippen molar-refractivity contribution in [3.05, 3.63) is 59.7 Å². The van der Waals surface area contributed by atoms with E-state index in [0.717, 1.165) is 24.0 Å². The Kier molecular flexibility index (Phi) is 5.56. The maximum absolute atomic E-state index is 12.8. The first-order chi connectivity index (χ1) is 16.0. The van der Waals surface area contributed by atoms with E-state index < -0.39 is 23.6 Å². The standard InChI is InChI=1S/C26H28N2O5/c29-23(28-14-11-22(28)24(30)31)15-26(12-5-6-13-26)27-25(32)33-16-21-19-9-3-1-7-17(19)18-8-2-4-10-20(18)21/h1-4,7-10,21-22H,5-6,11-16H2,(H,27,32)(H,30,31). The van der Waals surface area contributed by atoms with E-state index in [2.05, 4.69) is 29.6 Å². The van der Waals surface area contributed by atoms with Crippen LogP contribution in [0.25, 0.3) is 11.1 Å². The Morgan fingerprint density at radius 3 is 2.15 bits per heavy atom. The number of carbonyl (C=O) groups excluding carboxylic acids is 2. The molecule has 0 radical (unpaired) electrons. The minimum absolute atomic E-state index is 0.0262. The maximum Gasteiger partial charge on any atom is 0.407 e. The van der Waals surface area contributed by atoms with Crippen LogP contribution in [0.1, 0.15) is 55.6 Å². The number of hydrogen-bond donors (Lipinski definition) is 2. The fourth-order valence-corrected chi connectivity index (χ4v) is 5.58. The van der Waals surface area contributed by atoms with Gasteiger partial charge in [-0.05, 0) is 41.5 Å². The lowest BCUT2D eigenvalue weighted by atomic mass is 9.91. The minimum atomic E-state index is -0.973. The number of ether oxygens (including phenoxy) is 1. The van der Waals surface area contributed by atoms with Crippen molar-refractivity contribution in [1.82, 2.24) is 10.2 Å². The molecule has 2 aliphatic carbocycles. The summed E-state index contributed by atoms with van der Waals surface area (Å²) in [6.45, 7) is 0.675. The average molecular weight is 449 g/mol. The van der Waals surface area contributed by atoms with Gasteiger partial charge in [-0.15, -0.1) is 0 Å². The summed E-state index contributed by atoms with van der Waals surface area (Å²) in [6, 6.07) is 15.6. The van der Waals surface area contributed by atoms with E-state index in [1.165, 1.54) is 16.0 Å². The second kappa shape index (κ2) is 8.54. The third-order valence-electron chi connectivity index (χ3n) is 7.39. The predicted octanol–water partition coefficient (Wildman–Crippen LogP) is 3.91. The number of alkyl carbamates (subject to hydrolysis) is 1. The molecule has 172 valence electrons. The molecule has 1 saturated heterocycles. The molecule has 2 aromatic carbocycles. The van der Waals surface area contributed by atoms with Crippen molar-refractivity contribution in [1.29, 1.82) is 0 Å². The monoisotopic (exact) mass is 448 g/mol. The summed E-state index contributed by atoms with van der Waals surface area (Å²) in [7, 11) is 0. The fourth-order valence-electron chi connectivity index (χ4n) is 5.58. The number of aliphatic carboxylic acids is 1. The summed E-state index contributed by atoms with van der Waals surface area (Å²) in [4.78, 5) is 38.3. The van der Waals surface area contributed by atoms with E-state index in [-0.39, 0.29) is 24.9 Å². The van der Waals surface area contributed by atoms with Crippen molar-refractivity contribution in [3.8, 4) is 11.1 Å². The molecular formula is C26H28N2O5. The van der Waals surface area contributed by atoms with Crippen molar-refractivity contribution < 1.29 is 24.2 Å². The Bertz CT molecular complexity index is 1050. The number of fused-ring (bicyclic) bond motifs is 3. The number of carbonyl (C=O) groups is 3. The molecule has 0 bridgehead atoms. The lowest BCUT2D eigenvalue weighted by Gasteiger charge is -2.40. The van der Waals surface area contributed by atoms with Crippen molar-refractivity contribution in [2.45, 2.75) is 56.0 Å². The molecule has 1 unspecified atom stereocenters. The van der Waals surface area contributed by atoms with Gasteiger partial charge in [0, 0.05) is 12.5 Å². The average Bonchev–Trinajstić information content (AvgIpc) is 3.33. The zero-order valence-electron chi connectivity index (χ0n) is 18.5. The second-order valence-corrected chi connectivity index (χ2v) is 9.34. The maximum atomic E-state index is 12.8. The van der Waals surface area contributed by atoms with Crippen molar-refractivity contribution >= 4 is 18.0 Å². The third-order valence-corrected chi connectivity index (χ3v) is 7.39. The van der Waals surface area contributed by atoms with Gasteiger partial charge in [0.25, 0.3) is 0 Å². The Hall–Kier alpha value is -3.35. The zero-order chi connectivity index (χ0) is 23.0. The molecular weight excluding hydrogens is 420 g/mol. The highest BCUT2D eigenvalue weighted by Gasteiger charge is 2.43. The highest BCUT2D eigenvalue weighted by Crippen LogP contribution is 2.44. The van der Waals surface area contributed by atoms with Crippen LogP contribution in [-0.4, -0.2) is 52.7 Å². The summed E-state index contributed by atoms with van der Waals surface area (Å²) >= 11 is 0. The SMILES string of the molecule is O=C(NC1(CC(=O)N2CCC2C(=O)O)CCCC1)OCC1c2ccccc2-c2ccccc21. The summed E-state index contributed by atoms with van der Waals surface area (Å²) in [6.07, 6.45) is 3.28. The molecule has 2 aromatic rings. The van der Waals surface area contributed by atoms with Crippen LogP contribution in [0, 0.1) is 0 Å². The van der Waals surface area contributed by atoms with E-state index >= 15 is 0 Å². The zero-order valence-corrected chi connectivity index (χ0v) is 18.5. The summed E-state index contributed by atoms with van der Waals surface area (Å²) in [5, 5.41) is 12.2. The van der Waals surface area contributed by atoms with Crippen molar-refractivity contribution in [2.75, 3.05) is 13.2 Å². The van der Waals surface area contributed by atoms with E-state index in [1.807, 2.05) is 24.3 Å². The smallest absolute Gasteiger partial charge is 0.407 e. The number of rotatable bonds is 6. The van der Waals surface area contributed by atoms with E-state index in [9.17, 15) is 19.5 Å². The number of nitrogens with one attached hydrogen (secondary N) is 1. The van der Waals surface area contributed by atoms with E-state index in [0.29, 0.717) is 25.8 Å². The van der Waals surface area contributed by atoms with Crippen molar-refractivity contribution in [2.24, 2.45) is 0 Å². The lowest BCUT2D eigenvalue weighted by Crippen LogP contribution is -2.58. The van der Waals surface area contributed by atoms with Crippen LogP contribution in [0.4, 0.5) is 4.79 Å². The Labute approximate surface area is 192 Å². The first-order valence-electron chi connectivity index (χ1n) is 11.6. The Morgan fingerprint density at radius 1 is 1.00 bits per heavy atom. The second-order valence-electron chi connectivity index (χ2n) is 9.34. The molecule has 3 aliphatic rings. The molecule has 1 heterocycles. The van der Waals surface area contributed by atoms with E-state index in [1.54, 1.807) is 0 Å². The first kappa shape index (κ1) is 21.5. The van der Waals surface area contributed by atoms with Gasteiger partial charge in [-0.25, -0.2) is 9.59 Å². The molecule has 1 atom stereocenters. The molecule has 2 amide bonds. The molecule has 2 fully saturated rings. The van der Waals surface area contributed by atoms with Crippen LogP contribution in [0.15, 0.2) is 48.5 Å². The summed E-state index contributed by atoms with van der Waals surface area (Å²) in [5.74, 6) is -1.21. The molecule has 5 rings (SSSR count). The van der Waals surface area contributed by atoms with Gasteiger partial charge < -0.3 is 20.1 Å². The van der Waals surface area contributed by atoms with E-state index in [4.69, 9.17) is 4.74 Å². The normalized spacial score (nSPS) is 20.5. The molecule has 0 aromatic heterocycles. The number of nitrogens with zero attached hydrogens (tertiary/aromatic N) is 1. The lowest BCUT2D eigenvalue weighted by molar-refractivity contribution is -0.157. The highest BCUT2D eigenvalue weighted by atomic mass is 16.5. The van der Waals surface area contributed by atoms with Crippen LogP contribution >= 0.6 is 0 Å². The Morgan fingerprint density at radius 2 is 1.61 bits per heavy atom. The quantitative estimate of drug-likeness (QED) is 0.699. The molecule has 33 heavy (non-hydrogen) atoms. The molecule has 7 heteroatoms. The van der Waals surface area contributed by atoms with Gasteiger partial charge in [-0.3, -0.25) is 4.79 Å². The predicted molar refractivity (Wildman–Crippen MR) is 122 cm³/mol. The largest absolute Gasteiger partial charge is 0.480 e. The number of carboxylic acid groups (broad SMARTS) is 1. The van der Waals surface area contributed by atoms with Crippen LogP contribution < -0.4 is 5.32 Å². The minimum Gasteiger partial charge on any atom is -0.480 e. The highest BCUT2D eigenvalue weighted by molar-refractivity contribution is 5.86. The van der Waals surface area contributed by atoms with Gasteiger partial charge in [-0.2, -0.15) is 0 Å². The number of likely N-dealkylation sites (tertiary alicyclic amines) is 1. The molecule has 2 N–H and O–H groups in total. The van der Waals surface area contributed by atoms with Gasteiger partial charge in [0.05, 0.1) is 12.0 Å². The molecule has 0 spiro atoms. The number of benzene rings is 2. The van der Waals surface area contributed by atoms with Crippen LogP contribution in [0.2, 0.25) is 0 Å². The van der Waals surface area contributed by atoms with Gasteiger partial charge in [0.1, 0.15) is 12.6 Å².